The Bertz CT molecular complexity index is 637. The Morgan fingerprint density at radius 1 is 1.30 bits per heavy atom. The average Bonchev–Trinajstić information content (AvgIpc) is 3.06. The molecule has 2 amide bonds. The Kier molecular flexibility index (Phi) is 4.03. The summed E-state index contributed by atoms with van der Waals surface area (Å²) in [6.07, 6.45) is 10.9. The van der Waals surface area contributed by atoms with Crippen molar-refractivity contribution in [1.29, 1.82) is 0 Å². The fourth-order valence-electron chi connectivity index (χ4n) is 3.33. The number of carbonyl (C=O) groups is 1. The Morgan fingerprint density at radius 3 is 2.91 bits per heavy atom. The van der Waals surface area contributed by atoms with Crippen LogP contribution in [-0.2, 0) is 0 Å². The lowest BCUT2D eigenvalue weighted by molar-refractivity contribution is 0.143. The highest BCUT2D eigenvalue weighted by molar-refractivity contribution is 7.09. The predicted octanol–water partition coefficient (Wildman–Crippen LogP) is 3.25. The minimum atomic E-state index is 0.0122. The minimum Gasteiger partial charge on any atom is -0.347 e. The van der Waals surface area contributed by atoms with E-state index in [9.17, 15) is 4.79 Å². The molecular weight excluding hydrogens is 310 g/mol. The first kappa shape index (κ1) is 14.7. The zero-order valence-electron chi connectivity index (χ0n) is 12.9. The SMILES string of the molecule is O=C(N[C@H](c1nccs1)C1CC1)N1CCCC[C@@H]1c1ncc[nH]1. The molecule has 2 atom stereocenters. The van der Waals surface area contributed by atoms with E-state index in [0.717, 1.165) is 36.6 Å². The molecule has 2 aliphatic rings. The molecule has 23 heavy (non-hydrogen) atoms. The van der Waals surface area contributed by atoms with Crippen molar-refractivity contribution in [3.63, 3.8) is 0 Å². The van der Waals surface area contributed by atoms with Crippen molar-refractivity contribution >= 4 is 17.4 Å². The number of thiazole rings is 1. The number of aromatic amines is 1. The van der Waals surface area contributed by atoms with Gasteiger partial charge in [0, 0.05) is 30.5 Å². The highest BCUT2D eigenvalue weighted by atomic mass is 32.1. The molecule has 1 saturated carbocycles. The summed E-state index contributed by atoms with van der Waals surface area (Å²) in [5, 5.41) is 6.23. The number of nitrogens with one attached hydrogen (secondary N) is 2. The van der Waals surface area contributed by atoms with Gasteiger partial charge in [0.1, 0.15) is 10.8 Å². The number of likely N-dealkylation sites (tertiary alicyclic amines) is 1. The Labute approximate surface area is 139 Å². The van der Waals surface area contributed by atoms with E-state index in [2.05, 4.69) is 20.3 Å². The van der Waals surface area contributed by atoms with Crippen LogP contribution < -0.4 is 5.32 Å². The van der Waals surface area contributed by atoms with Crippen LogP contribution in [0.25, 0.3) is 0 Å². The molecule has 2 fully saturated rings. The van der Waals surface area contributed by atoms with Gasteiger partial charge in [0.2, 0.25) is 0 Å². The number of urea groups is 1. The van der Waals surface area contributed by atoms with Crippen LogP contribution in [-0.4, -0.2) is 32.4 Å². The molecule has 0 aromatic carbocycles. The molecule has 2 N–H and O–H groups in total. The first-order chi connectivity index (χ1) is 11.3. The minimum absolute atomic E-state index is 0.0122. The highest BCUT2D eigenvalue weighted by Gasteiger charge is 2.37. The van der Waals surface area contributed by atoms with Crippen LogP contribution in [0.5, 0.6) is 0 Å². The summed E-state index contributed by atoms with van der Waals surface area (Å²) in [5.41, 5.74) is 0. The second-order valence-electron chi connectivity index (χ2n) is 6.31. The van der Waals surface area contributed by atoms with Crippen LogP contribution in [0.1, 0.15) is 55.0 Å². The highest BCUT2D eigenvalue weighted by Crippen LogP contribution is 2.42. The van der Waals surface area contributed by atoms with E-state index in [1.165, 1.54) is 12.8 Å². The molecule has 1 saturated heterocycles. The maximum absolute atomic E-state index is 12.9. The van der Waals surface area contributed by atoms with Gasteiger partial charge in [0.25, 0.3) is 0 Å². The van der Waals surface area contributed by atoms with Gasteiger partial charge >= 0.3 is 6.03 Å². The van der Waals surface area contributed by atoms with Crippen molar-refractivity contribution in [3.8, 4) is 0 Å². The van der Waals surface area contributed by atoms with Crippen LogP contribution in [0.15, 0.2) is 24.0 Å². The Hall–Kier alpha value is -1.89. The van der Waals surface area contributed by atoms with Crippen molar-refractivity contribution in [2.24, 2.45) is 5.92 Å². The van der Waals surface area contributed by atoms with Gasteiger partial charge in [0.15, 0.2) is 0 Å². The number of rotatable bonds is 4. The molecule has 2 aromatic rings. The fraction of sp³-hybridized carbons (Fsp3) is 0.562. The van der Waals surface area contributed by atoms with Gasteiger partial charge in [-0.05, 0) is 38.0 Å². The number of nitrogens with zero attached hydrogens (tertiary/aromatic N) is 3. The summed E-state index contributed by atoms with van der Waals surface area (Å²) < 4.78 is 0. The van der Waals surface area contributed by atoms with Gasteiger partial charge < -0.3 is 15.2 Å². The van der Waals surface area contributed by atoms with E-state index >= 15 is 0 Å². The molecule has 0 radical (unpaired) electrons. The van der Waals surface area contributed by atoms with E-state index in [1.807, 2.05) is 22.7 Å². The zero-order chi connectivity index (χ0) is 15.6. The first-order valence-corrected chi connectivity index (χ1v) is 9.16. The number of imidazole rings is 1. The summed E-state index contributed by atoms with van der Waals surface area (Å²) in [5.74, 6) is 1.43. The number of amides is 2. The van der Waals surface area contributed by atoms with E-state index in [0.29, 0.717) is 5.92 Å². The third-order valence-corrected chi connectivity index (χ3v) is 5.55. The van der Waals surface area contributed by atoms with Gasteiger partial charge in [-0.1, -0.05) is 0 Å². The molecule has 3 heterocycles. The second kappa shape index (κ2) is 6.31. The molecule has 4 rings (SSSR count). The van der Waals surface area contributed by atoms with Crippen molar-refractivity contribution < 1.29 is 4.79 Å². The molecule has 1 aliphatic carbocycles. The van der Waals surface area contributed by atoms with Gasteiger partial charge in [-0.3, -0.25) is 0 Å². The van der Waals surface area contributed by atoms with Crippen molar-refractivity contribution in [2.75, 3.05) is 6.54 Å². The molecule has 1 aliphatic heterocycles. The summed E-state index contributed by atoms with van der Waals surface area (Å²) in [4.78, 5) is 26.8. The van der Waals surface area contributed by atoms with Crippen molar-refractivity contribution in [3.05, 3.63) is 34.8 Å². The normalized spacial score (nSPS) is 22.8. The number of piperidine rings is 1. The topological polar surface area (TPSA) is 73.9 Å². The van der Waals surface area contributed by atoms with Gasteiger partial charge in [0.05, 0.1) is 12.1 Å². The molecule has 6 nitrogen and oxygen atoms in total. The van der Waals surface area contributed by atoms with Crippen LogP contribution in [0.2, 0.25) is 0 Å². The monoisotopic (exact) mass is 331 g/mol. The smallest absolute Gasteiger partial charge is 0.318 e. The van der Waals surface area contributed by atoms with E-state index in [-0.39, 0.29) is 18.1 Å². The second-order valence-corrected chi connectivity index (χ2v) is 7.24. The molecule has 0 unspecified atom stereocenters. The molecule has 0 bridgehead atoms. The van der Waals surface area contributed by atoms with Crippen LogP contribution in [0, 0.1) is 5.92 Å². The third kappa shape index (κ3) is 3.10. The van der Waals surface area contributed by atoms with E-state index in [1.54, 1.807) is 17.5 Å². The summed E-state index contributed by atoms with van der Waals surface area (Å²) in [7, 11) is 0. The molecule has 2 aromatic heterocycles. The standard InChI is InChI=1S/C16H21N5OS/c22-16(20-13(11-4-5-11)15-19-8-10-23-15)21-9-2-1-3-12(21)14-17-6-7-18-14/h6-8,10-13H,1-5,9H2,(H,17,18)(H,20,22)/t12-,13+/m1/s1. The number of hydrogen-bond donors (Lipinski definition) is 2. The lowest BCUT2D eigenvalue weighted by Crippen LogP contribution is -2.46. The number of hydrogen-bond acceptors (Lipinski definition) is 4. The maximum atomic E-state index is 12.9. The van der Waals surface area contributed by atoms with Crippen molar-refractivity contribution in [2.45, 2.75) is 44.2 Å². The van der Waals surface area contributed by atoms with Gasteiger partial charge in [-0.2, -0.15) is 0 Å². The zero-order valence-corrected chi connectivity index (χ0v) is 13.8. The average molecular weight is 331 g/mol. The third-order valence-electron chi connectivity index (χ3n) is 4.69. The summed E-state index contributed by atoms with van der Waals surface area (Å²) in [6.45, 7) is 0.784. The quantitative estimate of drug-likeness (QED) is 0.903. The molecule has 0 spiro atoms. The molecule has 122 valence electrons. The number of carbonyl (C=O) groups excluding carboxylic acids is 1. The molecule has 7 heteroatoms. The van der Waals surface area contributed by atoms with Crippen LogP contribution >= 0.6 is 11.3 Å². The predicted molar refractivity (Wildman–Crippen MR) is 88.0 cm³/mol. The van der Waals surface area contributed by atoms with Gasteiger partial charge in [-0.15, -0.1) is 11.3 Å². The first-order valence-electron chi connectivity index (χ1n) is 8.29. The van der Waals surface area contributed by atoms with E-state index < -0.39 is 0 Å². The number of H-pyrrole nitrogens is 1. The largest absolute Gasteiger partial charge is 0.347 e. The Balaban J connectivity index is 1.50. The lowest BCUT2D eigenvalue weighted by Gasteiger charge is -2.35. The van der Waals surface area contributed by atoms with E-state index in [4.69, 9.17) is 0 Å². The van der Waals surface area contributed by atoms with Crippen molar-refractivity contribution in [1.82, 2.24) is 25.2 Å². The lowest BCUT2D eigenvalue weighted by atomic mass is 10.0. The summed E-state index contributed by atoms with van der Waals surface area (Å²) in [6, 6.07) is 0.120. The Morgan fingerprint density at radius 2 is 2.22 bits per heavy atom. The number of aromatic nitrogens is 3. The summed E-state index contributed by atoms with van der Waals surface area (Å²) >= 11 is 1.62. The fourth-order valence-corrected chi connectivity index (χ4v) is 4.11. The molecular formula is C16H21N5OS. The maximum Gasteiger partial charge on any atom is 0.318 e. The van der Waals surface area contributed by atoms with Crippen LogP contribution in [0.3, 0.4) is 0 Å². The van der Waals surface area contributed by atoms with Gasteiger partial charge in [-0.25, -0.2) is 14.8 Å². The van der Waals surface area contributed by atoms with Crippen LogP contribution in [0.4, 0.5) is 4.79 Å².